The van der Waals surface area contributed by atoms with Gasteiger partial charge in [-0.3, -0.25) is 4.79 Å². The lowest BCUT2D eigenvalue weighted by molar-refractivity contribution is 0.104. The van der Waals surface area contributed by atoms with E-state index in [1.807, 2.05) is 61.5 Å². The van der Waals surface area contributed by atoms with Crippen LogP contribution in [0.15, 0.2) is 54.6 Å². The predicted octanol–water partition coefficient (Wildman–Crippen LogP) is 7.19. The SMILES string of the molecule is CCCCCn1c(C)c(C(=O)c2c(Cl)ccc3ccccc23)c2cccc(OC)c21. The Labute approximate surface area is 182 Å². The summed E-state index contributed by atoms with van der Waals surface area (Å²) in [4.78, 5) is 13.9. The zero-order chi connectivity index (χ0) is 21.3. The molecule has 0 bridgehead atoms. The number of fused-ring (bicyclic) bond motifs is 2. The fourth-order valence-corrected chi connectivity index (χ4v) is 4.60. The van der Waals surface area contributed by atoms with Crippen LogP contribution in [0.25, 0.3) is 21.7 Å². The molecule has 0 aliphatic heterocycles. The average Bonchev–Trinajstić information content (AvgIpc) is 3.05. The molecule has 0 N–H and O–H groups in total. The maximum atomic E-state index is 13.9. The fourth-order valence-electron chi connectivity index (χ4n) is 4.35. The summed E-state index contributed by atoms with van der Waals surface area (Å²) in [6, 6.07) is 17.6. The van der Waals surface area contributed by atoms with Crippen LogP contribution in [0.5, 0.6) is 5.75 Å². The number of halogens is 1. The number of hydrogen-bond donors (Lipinski definition) is 0. The number of methoxy groups -OCH3 is 1. The van der Waals surface area contributed by atoms with Crippen molar-refractivity contribution in [2.24, 2.45) is 0 Å². The van der Waals surface area contributed by atoms with Crippen LogP contribution in [-0.2, 0) is 6.54 Å². The number of benzene rings is 3. The molecule has 1 aromatic heterocycles. The first kappa shape index (κ1) is 20.5. The quantitative estimate of drug-likeness (QED) is 0.234. The molecule has 0 aliphatic carbocycles. The molecule has 4 rings (SSSR count). The summed E-state index contributed by atoms with van der Waals surface area (Å²) in [6.07, 6.45) is 3.35. The van der Waals surface area contributed by atoms with Gasteiger partial charge in [0.25, 0.3) is 0 Å². The van der Waals surface area contributed by atoms with E-state index >= 15 is 0 Å². The Morgan fingerprint density at radius 2 is 1.73 bits per heavy atom. The van der Waals surface area contributed by atoms with Gasteiger partial charge >= 0.3 is 0 Å². The van der Waals surface area contributed by atoms with Crippen molar-refractivity contribution in [3.63, 3.8) is 0 Å². The third-order valence-electron chi connectivity index (χ3n) is 5.84. The number of hydrogen-bond acceptors (Lipinski definition) is 2. The average molecular weight is 420 g/mol. The van der Waals surface area contributed by atoms with Gasteiger partial charge in [-0.05, 0) is 36.2 Å². The van der Waals surface area contributed by atoms with Crippen molar-refractivity contribution in [1.82, 2.24) is 4.57 Å². The minimum absolute atomic E-state index is 0.0400. The number of aryl methyl sites for hydroxylation is 1. The monoisotopic (exact) mass is 419 g/mol. The molecule has 4 heteroatoms. The number of carbonyl (C=O) groups excluding carboxylic acids is 1. The van der Waals surface area contributed by atoms with Crippen molar-refractivity contribution >= 4 is 39.1 Å². The molecule has 0 radical (unpaired) electrons. The Hall–Kier alpha value is -2.78. The summed E-state index contributed by atoms with van der Waals surface area (Å²) >= 11 is 6.57. The lowest BCUT2D eigenvalue weighted by atomic mass is 9.95. The van der Waals surface area contributed by atoms with Gasteiger partial charge in [0.2, 0.25) is 0 Å². The Bertz CT molecular complexity index is 1240. The van der Waals surface area contributed by atoms with Gasteiger partial charge in [0.05, 0.1) is 23.2 Å². The van der Waals surface area contributed by atoms with Gasteiger partial charge in [-0.15, -0.1) is 0 Å². The Balaban J connectivity index is 1.97. The highest BCUT2D eigenvalue weighted by Gasteiger charge is 2.25. The standard InChI is InChI=1S/C26H26ClNO2/c1-4-5-8-16-28-17(2)23(20-12-9-13-22(30-3)25(20)28)26(29)24-19-11-7-6-10-18(19)14-15-21(24)27/h6-7,9-15H,4-5,8,16H2,1-3H3. The van der Waals surface area contributed by atoms with Crippen LogP contribution in [0.3, 0.4) is 0 Å². The van der Waals surface area contributed by atoms with Crippen molar-refractivity contribution in [2.45, 2.75) is 39.7 Å². The zero-order valence-electron chi connectivity index (χ0n) is 17.7. The first-order valence-electron chi connectivity index (χ1n) is 10.5. The van der Waals surface area contributed by atoms with Gasteiger partial charge in [0.1, 0.15) is 5.75 Å². The predicted molar refractivity (Wildman–Crippen MR) is 125 cm³/mol. The Morgan fingerprint density at radius 1 is 0.967 bits per heavy atom. The lowest BCUT2D eigenvalue weighted by Gasteiger charge is -2.11. The lowest BCUT2D eigenvalue weighted by Crippen LogP contribution is -2.07. The molecule has 0 unspecified atom stereocenters. The van der Waals surface area contributed by atoms with Crippen molar-refractivity contribution in [1.29, 1.82) is 0 Å². The molecule has 0 spiro atoms. The molecule has 154 valence electrons. The highest BCUT2D eigenvalue weighted by Crippen LogP contribution is 2.37. The topological polar surface area (TPSA) is 31.2 Å². The van der Waals surface area contributed by atoms with E-state index in [0.717, 1.165) is 58.9 Å². The number of carbonyl (C=O) groups is 1. The van der Waals surface area contributed by atoms with Crippen LogP contribution < -0.4 is 4.74 Å². The minimum Gasteiger partial charge on any atom is -0.495 e. The fraction of sp³-hybridized carbons (Fsp3) is 0.269. The summed E-state index contributed by atoms with van der Waals surface area (Å²) in [5.41, 5.74) is 3.21. The third-order valence-corrected chi connectivity index (χ3v) is 6.16. The molecule has 0 fully saturated rings. The van der Waals surface area contributed by atoms with E-state index < -0.39 is 0 Å². The van der Waals surface area contributed by atoms with E-state index in [2.05, 4.69) is 11.5 Å². The summed E-state index contributed by atoms with van der Waals surface area (Å²) in [5, 5.41) is 3.28. The van der Waals surface area contributed by atoms with Gasteiger partial charge in [0.15, 0.2) is 5.78 Å². The van der Waals surface area contributed by atoms with Crippen molar-refractivity contribution in [3.05, 3.63) is 76.4 Å². The number of para-hydroxylation sites is 1. The Morgan fingerprint density at radius 3 is 2.50 bits per heavy atom. The molecule has 0 aliphatic rings. The number of ether oxygens (including phenoxy) is 1. The number of rotatable bonds is 7. The van der Waals surface area contributed by atoms with Gasteiger partial charge in [-0.1, -0.05) is 73.8 Å². The number of nitrogens with zero attached hydrogens (tertiary/aromatic N) is 1. The number of ketones is 1. The summed E-state index contributed by atoms with van der Waals surface area (Å²) in [7, 11) is 1.68. The van der Waals surface area contributed by atoms with Crippen LogP contribution in [-0.4, -0.2) is 17.5 Å². The normalized spacial score (nSPS) is 11.3. The largest absolute Gasteiger partial charge is 0.495 e. The second kappa shape index (κ2) is 8.53. The maximum absolute atomic E-state index is 13.9. The van der Waals surface area contributed by atoms with Crippen LogP contribution in [0.4, 0.5) is 0 Å². The molecule has 0 amide bonds. The molecular formula is C26H26ClNO2. The van der Waals surface area contributed by atoms with E-state index in [4.69, 9.17) is 16.3 Å². The van der Waals surface area contributed by atoms with E-state index in [1.165, 1.54) is 0 Å². The Kier molecular flexibility index (Phi) is 5.83. The summed E-state index contributed by atoms with van der Waals surface area (Å²) in [5.74, 6) is 0.747. The summed E-state index contributed by atoms with van der Waals surface area (Å²) < 4.78 is 7.90. The maximum Gasteiger partial charge on any atom is 0.197 e. The second-order valence-corrected chi connectivity index (χ2v) is 8.06. The molecule has 0 atom stereocenters. The zero-order valence-corrected chi connectivity index (χ0v) is 18.4. The highest BCUT2D eigenvalue weighted by molar-refractivity contribution is 6.38. The minimum atomic E-state index is -0.0400. The molecule has 1 heterocycles. The van der Waals surface area contributed by atoms with Crippen LogP contribution in [0, 0.1) is 6.92 Å². The second-order valence-electron chi connectivity index (χ2n) is 7.65. The molecule has 0 saturated heterocycles. The number of aromatic nitrogens is 1. The highest BCUT2D eigenvalue weighted by atomic mass is 35.5. The van der Waals surface area contributed by atoms with Gasteiger partial charge in [-0.2, -0.15) is 0 Å². The van der Waals surface area contributed by atoms with Crippen LogP contribution in [0.1, 0.15) is 47.8 Å². The van der Waals surface area contributed by atoms with Crippen molar-refractivity contribution in [3.8, 4) is 5.75 Å². The van der Waals surface area contributed by atoms with E-state index in [1.54, 1.807) is 7.11 Å². The molecule has 30 heavy (non-hydrogen) atoms. The van der Waals surface area contributed by atoms with Crippen molar-refractivity contribution in [2.75, 3.05) is 7.11 Å². The van der Waals surface area contributed by atoms with Gasteiger partial charge in [-0.25, -0.2) is 0 Å². The van der Waals surface area contributed by atoms with Crippen LogP contribution >= 0.6 is 11.6 Å². The van der Waals surface area contributed by atoms with Gasteiger partial charge < -0.3 is 9.30 Å². The third kappa shape index (κ3) is 3.37. The number of unbranched alkanes of at least 4 members (excludes halogenated alkanes) is 2. The van der Waals surface area contributed by atoms with Gasteiger partial charge in [0, 0.05) is 23.2 Å². The molecule has 3 nitrogen and oxygen atoms in total. The van der Waals surface area contributed by atoms with E-state index in [0.29, 0.717) is 16.1 Å². The van der Waals surface area contributed by atoms with Crippen LogP contribution in [0.2, 0.25) is 5.02 Å². The molecule has 0 saturated carbocycles. The van der Waals surface area contributed by atoms with Crippen molar-refractivity contribution < 1.29 is 9.53 Å². The molecule has 4 aromatic rings. The first-order chi connectivity index (χ1) is 14.6. The summed E-state index contributed by atoms with van der Waals surface area (Å²) in [6.45, 7) is 5.07. The van der Waals surface area contributed by atoms with E-state index in [9.17, 15) is 4.79 Å². The molecule has 3 aromatic carbocycles. The molecular weight excluding hydrogens is 394 g/mol. The first-order valence-corrected chi connectivity index (χ1v) is 10.8. The smallest absolute Gasteiger partial charge is 0.197 e. The van der Waals surface area contributed by atoms with E-state index in [-0.39, 0.29) is 5.78 Å².